The van der Waals surface area contributed by atoms with Crippen LogP contribution in [0.3, 0.4) is 0 Å². The highest BCUT2D eigenvalue weighted by Crippen LogP contribution is 2.11. The first-order valence-electron chi connectivity index (χ1n) is 4.31. The van der Waals surface area contributed by atoms with Gasteiger partial charge in [0.25, 0.3) is 0 Å². The van der Waals surface area contributed by atoms with Crippen LogP contribution in [-0.4, -0.2) is 12.3 Å². The molecule has 0 fully saturated rings. The van der Waals surface area contributed by atoms with E-state index in [2.05, 4.69) is 6.92 Å². The molecule has 0 N–H and O–H groups in total. The molecule has 0 amide bonds. The van der Waals surface area contributed by atoms with Gasteiger partial charge in [0.05, 0.1) is 0 Å². The molecule has 0 saturated carbocycles. The molecule has 0 unspecified atom stereocenters. The van der Waals surface area contributed by atoms with Crippen LogP contribution in [-0.2, 0) is 4.79 Å². The summed E-state index contributed by atoms with van der Waals surface area (Å²) in [6.07, 6.45) is 1.56. The highest BCUT2D eigenvalue weighted by Gasteiger charge is 2.02. The summed E-state index contributed by atoms with van der Waals surface area (Å²) in [6, 6.07) is 6.37. The van der Waals surface area contributed by atoms with E-state index in [4.69, 9.17) is 4.74 Å². The minimum Gasteiger partial charge on any atom is -0.427 e. The topological polar surface area (TPSA) is 43.4 Å². The Kier molecular flexibility index (Phi) is 3.85. The summed E-state index contributed by atoms with van der Waals surface area (Å²) in [4.78, 5) is 21.4. The van der Waals surface area contributed by atoms with Gasteiger partial charge in [0, 0.05) is 12.0 Å². The molecule has 3 heteroatoms. The largest absolute Gasteiger partial charge is 0.427 e. The van der Waals surface area contributed by atoms with E-state index in [1.54, 1.807) is 24.3 Å². The molecule has 0 atom stereocenters. The van der Waals surface area contributed by atoms with Crippen LogP contribution >= 0.6 is 0 Å². The number of carbonyl (C=O) groups is 2. The Balaban J connectivity index is 2.59. The zero-order valence-electron chi connectivity index (χ0n) is 7.73. The second kappa shape index (κ2) is 5.17. The lowest BCUT2D eigenvalue weighted by Crippen LogP contribution is -2.06. The molecule has 0 aliphatic heterocycles. The Hall–Kier alpha value is -1.64. The molecule has 1 rings (SSSR count). The van der Waals surface area contributed by atoms with Crippen LogP contribution in [0.1, 0.15) is 23.2 Å². The summed E-state index contributed by atoms with van der Waals surface area (Å²) < 4.78 is 4.96. The molecular weight excluding hydrogens is 180 g/mol. The predicted octanol–water partition coefficient (Wildman–Crippen LogP) is 2.02. The minimum absolute atomic E-state index is 0.301. The maximum absolute atomic E-state index is 11.0. The Labute approximate surface area is 82.7 Å². The number of ether oxygens (including phenoxy) is 1. The standard InChI is InChI=1S/C11H11O3/c1-2-3-11(13)14-10-6-4-9(8-12)5-7-10/h4-8H,1-3H2. The van der Waals surface area contributed by atoms with Crippen LogP contribution in [0.2, 0.25) is 0 Å². The smallest absolute Gasteiger partial charge is 0.311 e. The first kappa shape index (κ1) is 10.4. The first-order valence-corrected chi connectivity index (χ1v) is 4.31. The van der Waals surface area contributed by atoms with Crippen LogP contribution in [0.4, 0.5) is 0 Å². The van der Waals surface area contributed by atoms with Crippen molar-refractivity contribution >= 4 is 12.3 Å². The zero-order valence-corrected chi connectivity index (χ0v) is 7.73. The van der Waals surface area contributed by atoms with Crippen molar-refractivity contribution in [3.05, 3.63) is 36.8 Å². The van der Waals surface area contributed by atoms with Crippen LogP contribution in [0.15, 0.2) is 24.3 Å². The Morgan fingerprint density at radius 2 is 2.00 bits per heavy atom. The van der Waals surface area contributed by atoms with Gasteiger partial charge in [0.1, 0.15) is 12.0 Å². The summed E-state index contributed by atoms with van der Waals surface area (Å²) in [5, 5.41) is 0. The molecule has 0 aliphatic rings. The Morgan fingerprint density at radius 1 is 1.36 bits per heavy atom. The molecule has 14 heavy (non-hydrogen) atoms. The number of benzene rings is 1. The third-order valence-electron chi connectivity index (χ3n) is 1.63. The van der Waals surface area contributed by atoms with E-state index in [-0.39, 0.29) is 5.97 Å². The summed E-state index contributed by atoms with van der Waals surface area (Å²) in [6.45, 7) is 3.55. The van der Waals surface area contributed by atoms with Crippen LogP contribution < -0.4 is 4.74 Å². The third-order valence-corrected chi connectivity index (χ3v) is 1.63. The Morgan fingerprint density at radius 3 is 2.50 bits per heavy atom. The van der Waals surface area contributed by atoms with E-state index in [0.29, 0.717) is 24.2 Å². The van der Waals surface area contributed by atoms with Crippen molar-refractivity contribution in [1.82, 2.24) is 0 Å². The number of esters is 1. The third kappa shape index (κ3) is 3.01. The van der Waals surface area contributed by atoms with E-state index in [9.17, 15) is 9.59 Å². The minimum atomic E-state index is -0.307. The van der Waals surface area contributed by atoms with E-state index in [1.807, 2.05) is 0 Å². The van der Waals surface area contributed by atoms with Gasteiger partial charge in [-0.15, -0.1) is 0 Å². The van der Waals surface area contributed by atoms with Crippen molar-refractivity contribution in [1.29, 1.82) is 0 Å². The molecule has 1 aromatic rings. The monoisotopic (exact) mass is 191 g/mol. The average molecular weight is 191 g/mol. The van der Waals surface area contributed by atoms with Gasteiger partial charge >= 0.3 is 5.97 Å². The lowest BCUT2D eigenvalue weighted by Gasteiger charge is -2.02. The van der Waals surface area contributed by atoms with Gasteiger partial charge in [-0.25, -0.2) is 0 Å². The fourth-order valence-corrected chi connectivity index (χ4v) is 0.941. The molecule has 73 valence electrons. The van der Waals surface area contributed by atoms with Crippen molar-refractivity contribution in [2.24, 2.45) is 0 Å². The molecule has 0 aromatic heterocycles. The SMILES string of the molecule is [CH2]CCC(=O)Oc1ccc(C=O)cc1. The number of hydrogen-bond acceptors (Lipinski definition) is 3. The van der Waals surface area contributed by atoms with E-state index >= 15 is 0 Å². The molecule has 0 aliphatic carbocycles. The van der Waals surface area contributed by atoms with Crippen molar-refractivity contribution in [3.8, 4) is 5.75 Å². The second-order valence-corrected chi connectivity index (χ2v) is 2.76. The lowest BCUT2D eigenvalue weighted by molar-refractivity contribution is -0.134. The van der Waals surface area contributed by atoms with Gasteiger partial charge in [0.2, 0.25) is 0 Å². The fraction of sp³-hybridized carbons (Fsp3) is 0.182. The average Bonchev–Trinajstić information content (AvgIpc) is 2.19. The van der Waals surface area contributed by atoms with E-state index < -0.39 is 0 Å². The molecule has 0 heterocycles. The van der Waals surface area contributed by atoms with Gasteiger partial charge in [-0.2, -0.15) is 0 Å². The van der Waals surface area contributed by atoms with Gasteiger partial charge < -0.3 is 4.74 Å². The van der Waals surface area contributed by atoms with Crippen LogP contribution in [0.5, 0.6) is 5.75 Å². The molecule has 3 nitrogen and oxygen atoms in total. The number of aldehydes is 1. The highest BCUT2D eigenvalue weighted by molar-refractivity contribution is 5.76. The maximum atomic E-state index is 11.0. The number of carbonyl (C=O) groups excluding carboxylic acids is 2. The molecule has 1 aromatic carbocycles. The summed E-state index contributed by atoms with van der Waals surface area (Å²) >= 11 is 0. The van der Waals surface area contributed by atoms with Gasteiger partial charge in [0.15, 0.2) is 0 Å². The predicted molar refractivity (Wildman–Crippen MR) is 52.1 cm³/mol. The van der Waals surface area contributed by atoms with Crippen molar-refractivity contribution in [2.45, 2.75) is 12.8 Å². The molecule has 0 saturated heterocycles. The first-order chi connectivity index (χ1) is 6.76. The maximum Gasteiger partial charge on any atom is 0.311 e. The lowest BCUT2D eigenvalue weighted by atomic mass is 10.2. The van der Waals surface area contributed by atoms with Crippen LogP contribution in [0.25, 0.3) is 0 Å². The van der Waals surface area contributed by atoms with Crippen LogP contribution in [0, 0.1) is 6.92 Å². The fourth-order valence-electron chi connectivity index (χ4n) is 0.941. The molecule has 0 spiro atoms. The summed E-state index contributed by atoms with van der Waals surface area (Å²) in [7, 11) is 0. The van der Waals surface area contributed by atoms with Gasteiger partial charge in [-0.1, -0.05) is 6.92 Å². The summed E-state index contributed by atoms with van der Waals surface area (Å²) in [5.41, 5.74) is 0.557. The molecule has 1 radical (unpaired) electrons. The number of rotatable bonds is 4. The number of hydrogen-bond donors (Lipinski definition) is 0. The van der Waals surface area contributed by atoms with Gasteiger partial charge in [-0.3, -0.25) is 9.59 Å². The summed E-state index contributed by atoms with van der Waals surface area (Å²) in [5.74, 6) is 0.146. The zero-order chi connectivity index (χ0) is 10.4. The van der Waals surface area contributed by atoms with E-state index in [0.717, 1.165) is 6.29 Å². The second-order valence-electron chi connectivity index (χ2n) is 2.76. The quantitative estimate of drug-likeness (QED) is 0.415. The molecular formula is C11H11O3. The van der Waals surface area contributed by atoms with Crippen molar-refractivity contribution in [2.75, 3.05) is 0 Å². The normalized spacial score (nSPS) is 9.50. The van der Waals surface area contributed by atoms with Crippen molar-refractivity contribution < 1.29 is 14.3 Å². The Bertz CT molecular complexity index is 314. The van der Waals surface area contributed by atoms with Gasteiger partial charge in [-0.05, 0) is 30.7 Å². The molecule has 0 bridgehead atoms. The van der Waals surface area contributed by atoms with Crippen molar-refractivity contribution in [3.63, 3.8) is 0 Å². The van der Waals surface area contributed by atoms with E-state index in [1.165, 1.54) is 0 Å². The highest BCUT2D eigenvalue weighted by atomic mass is 16.5.